The molecule has 7 nitrogen and oxygen atoms in total. The highest BCUT2D eigenvalue weighted by Gasteiger charge is 2.27. The van der Waals surface area contributed by atoms with Crippen LogP contribution in [0.5, 0.6) is 0 Å². The summed E-state index contributed by atoms with van der Waals surface area (Å²) < 4.78 is 10.3. The van der Waals surface area contributed by atoms with E-state index in [0.717, 1.165) is 24.2 Å². The van der Waals surface area contributed by atoms with Gasteiger partial charge in [0, 0.05) is 13.1 Å². The first-order valence-electron chi connectivity index (χ1n) is 8.88. The van der Waals surface area contributed by atoms with E-state index in [2.05, 4.69) is 12.2 Å². The molecule has 3 rings (SSSR count). The zero-order valence-electron chi connectivity index (χ0n) is 15.3. The number of amides is 2. The van der Waals surface area contributed by atoms with Crippen LogP contribution in [0.4, 0.5) is 5.00 Å². The van der Waals surface area contributed by atoms with Gasteiger partial charge in [0.1, 0.15) is 4.88 Å². The van der Waals surface area contributed by atoms with E-state index in [9.17, 15) is 14.4 Å². The second-order valence-electron chi connectivity index (χ2n) is 6.65. The van der Waals surface area contributed by atoms with Crippen LogP contribution in [0.25, 0.3) is 0 Å². The molecule has 0 spiro atoms. The lowest BCUT2D eigenvalue weighted by Crippen LogP contribution is -2.44. The minimum absolute atomic E-state index is 0.168. The van der Waals surface area contributed by atoms with Crippen LogP contribution in [0.15, 0.2) is 34.9 Å². The number of nitrogens with zero attached hydrogens (tertiary/aromatic N) is 1. The fraction of sp³-hybridized carbons (Fsp3) is 0.421. The number of thiophene rings is 1. The zero-order valence-corrected chi connectivity index (χ0v) is 16.1. The number of carbonyl (C=O) groups is 3. The number of hydrogen-bond donors (Lipinski definition) is 1. The van der Waals surface area contributed by atoms with Gasteiger partial charge in [0.2, 0.25) is 0 Å². The summed E-state index contributed by atoms with van der Waals surface area (Å²) in [5.41, 5.74) is 0. The molecule has 1 N–H and O–H groups in total. The normalized spacial score (nSPS) is 16.0. The lowest BCUT2D eigenvalue weighted by molar-refractivity contribution is -0.141. The second kappa shape index (κ2) is 8.39. The van der Waals surface area contributed by atoms with Crippen LogP contribution in [-0.4, -0.2) is 41.9 Å². The van der Waals surface area contributed by atoms with Crippen molar-refractivity contribution in [2.75, 3.05) is 18.4 Å². The maximum absolute atomic E-state index is 12.4. The third-order valence-electron chi connectivity index (χ3n) is 4.52. The summed E-state index contributed by atoms with van der Waals surface area (Å²) in [7, 11) is 0. The van der Waals surface area contributed by atoms with E-state index in [1.54, 1.807) is 36.1 Å². The molecule has 0 radical (unpaired) electrons. The van der Waals surface area contributed by atoms with Crippen LogP contribution in [0.1, 0.15) is 46.9 Å². The highest BCUT2D eigenvalue weighted by Crippen LogP contribution is 2.24. The summed E-state index contributed by atoms with van der Waals surface area (Å²) in [6.45, 7) is 5.16. The molecule has 1 saturated heterocycles. The van der Waals surface area contributed by atoms with Crippen molar-refractivity contribution in [1.82, 2.24) is 4.90 Å². The molecule has 27 heavy (non-hydrogen) atoms. The topological polar surface area (TPSA) is 88.9 Å². The highest BCUT2D eigenvalue weighted by molar-refractivity contribution is 7.18. The number of anilines is 1. The van der Waals surface area contributed by atoms with E-state index in [0.29, 0.717) is 28.9 Å². The fourth-order valence-electron chi connectivity index (χ4n) is 2.85. The summed E-state index contributed by atoms with van der Waals surface area (Å²) in [4.78, 5) is 38.8. The molecule has 1 fully saturated rings. The molecule has 2 aromatic rings. The van der Waals surface area contributed by atoms with Crippen molar-refractivity contribution in [2.24, 2.45) is 5.92 Å². The first-order valence-corrected chi connectivity index (χ1v) is 9.70. The van der Waals surface area contributed by atoms with Gasteiger partial charge in [-0.15, -0.1) is 11.3 Å². The summed E-state index contributed by atoms with van der Waals surface area (Å²) >= 11 is 1.08. The molecule has 0 aromatic carbocycles. The van der Waals surface area contributed by atoms with Crippen LogP contribution >= 0.6 is 11.3 Å². The van der Waals surface area contributed by atoms with Gasteiger partial charge in [0.05, 0.1) is 11.3 Å². The van der Waals surface area contributed by atoms with E-state index in [1.165, 1.54) is 6.26 Å². The fourth-order valence-corrected chi connectivity index (χ4v) is 3.64. The standard InChI is InChI=1S/C19H22N2O5S/c1-12-7-9-21(10-8-12)18(23)13(2)26-19(24)15-5-6-16(27-15)20-17(22)14-4-3-11-25-14/h3-6,11-13H,7-10H2,1-2H3,(H,20,22). The summed E-state index contributed by atoms with van der Waals surface area (Å²) in [5, 5.41) is 3.15. The van der Waals surface area contributed by atoms with Crippen LogP contribution < -0.4 is 5.32 Å². The molecule has 2 amide bonds. The molecular weight excluding hydrogens is 368 g/mol. The number of likely N-dealkylation sites (tertiary alicyclic amines) is 1. The maximum atomic E-state index is 12.4. The van der Waals surface area contributed by atoms with Crippen LogP contribution in [0.2, 0.25) is 0 Å². The lowest BCUT2D eigenvalue weighted by atomic mass is 9.99. The summed E-state index contributed by atoms with van der Waals surface area (Å²) in [5.74, 6) is -0.344. The van der Waals surface area contributed by atoms with Gasteiger partial charge in [0.25, 0.3) is 11.8 Å². The minimum atomic E-state index is -0.839. The first kappa shape index (κ1) is 19.2. The number of hydrogen-bond acceptors (Lipinski definition) is 6. The summed E-state index contributed by atoms with van der Waals surface area (Å²) in [6.07, 6.45) is 2.51. The smallest absolute Gasteiger partial charge is 0.349 e. The van der Waals surface area contributed by atoms with Gasteiger partial charge in [-0.05, 0) is 49.9 Å². The van der Waals surface area contributed by atoms with Crippen molar-refractivity contribution < 1.29 is 23.5 Å². The van der Waals surface area contributed by atoms with E-state index < -0.39 is 18.0 Å². The van der Waals surface area contributed by atoms with Gasteiger partial charge in [-0.25, -0.2) is 4.79 Å². The van der Waals surface area contributed by atoms with Gasteiger partial charge in [-0.3, -0.25) is 9.59 Å². The van der Waals surface area contributed by atoms with E-state index in [1.807, 2.05) is 0 Å². The molecule has 2 aromatic heterocycles. The number of carbonyl (C=O) groups excluding carboxylic acids is 3. The van der Waals surface area contributed by atoms with Crippen LogP contribution in [-0.2, 0) is 9.53 Å². The zero-order chi connectivity index (χ0) is 19.4. The van der Waals surface area contributed by atoms with Gasteiger partial charge in [0.15, 0.2) is 11.9 Å². The Morgan fingerprint density at radius 2 is 2.00 bits per heavy atom. The Bertz CT molecular complexity index is 806. The average Bonchev–Trinajstić information content (AvgIpc) is 3.33. The third kappa shape index (κ3) is 4.77. The Hall–Kier alpha value is -2.61. The monoisotopic (exact) mass is 390 g/mol. The Kier molecular flexibility index (Phi) is 5.95. The van der Waals surface area contributed by atoms with Crippen molar-refractivity contribution in [3.05, 3.63) is 41.2 Å². The quantitative estimate of drug-likeness (QED) is 0.791. The molecule has 144 valence electrons. The molecule has 1 atom stereocenters. The molecular formula is C19H22N2O5S. The van der Waals surface area contributed by atoms with Gasteiger partial charge < -0.3 is 19.4 Å². The number of nitrogens with one attached hydrogen (secondary N) is 1. The van der Waals surface area contributed by atoms with Gasteiger partial charge in [-0.2, -0.15) is 0 Å². The van der Waals surface area contributed by atoms with Crippen molar-refractivity contribution >= 4 is 34.1 Å². The van der Waals surface area contributed by atoms with Crippen molar-refractivity contribution in [3.63, 3.8) is 0 Å². The summed E-state index contributed by atoms with van der Waals surface area (Å²) in [6, 6.07) is 6.34. The molecule has 1 aliphatic heterocycles. The second-order valence-corrected chi connectivity index (χ2v) is 7.73. The predicted octanol–water partition coefficient (Wildman–Crippen LogP) is 3.40. The number of rotatable bonds is 5. The van der Waals surface area contributed by atoms with E-state index in [4.69, 9.17) is 9.15 Å². The highest BCUT2D eigenvalue weighted by atomic mass is 32.1. The van der Waals surface area contributed by atoms with Crippen molar-refractivity contribution in [2.45, 2.75) is 32.8 Å². The van der Waals surface area contributed by atoms with Gasteiger partial charge >= 0.3 is 5.97 Å². The van der Waals surface area contributed by atoms with Crippen molar-refractivity contribution in [3.8, 4) is 0 Å². The number of piperidine rings is 1. The SMILES string of the molecule is CC1CCN(C(=O)C(C)OC(=O)c2ccc(NC(=O)c3ccco3)s2)CC1. The first-order chi connectivity index (χ1) is 12.9. The Morgan fingerprint density at radius 1 is 1.26 bits per heavy atom. The molecule has 3 heterocycles. The van der Waals surface area contributed by atoms with Crippen LogP contribution in [0.3, 0.4) is 0 Å². The molecule has 0 aliphatic carbocycles. The largest absolute Gasteiger partial charge is 0.459 e. The molecule has 1 unspecified atom stereocenters. The van der Waals surface area contributed by atoms with Crippen LogP contribution in [0, 0.1) is 5.92 Å². The Morgan fingerprint density at radius 3 is 2.67 bits per heavy atom. The number of furan rings is 1. The van der Waals surface area contributed by atoms with Crippen molar-refractivity contribution in [1.29, 1.82) is 0 Å². The Labute approximate surface area is 161 Å². The Balaban J connectivity index is 1.54. The molecule has 0 bridgehead atoms. The molecule has 1 aliphatic rings. The number of esters is 1. The minimum Gasteiger partial charge on any atom is -0.459 e. The van der Waals surface area contributed by atoms with E-state index in [-0.39, 0.29) is 11.7 Å². The van der Waals surface area contributed by atoms with E-state index >= 15 is 0 Å². The molecule has 8 heteroatoms. The van der Waals surface area contributed by atoms with Gasteiger partial charge in [-0.1, -0.05) is 6.92 Å². The third-order valence-corrected chi connectivity index (χ3v) is 5.50. The predicted molar refractivity (Wildman–Crippen MR) is 101 cm³/mol. The molecule has 0 saturated carbocycles. The average molecular weight is 390 g/mol. The lowest BCUT2D eigenvalue weighted by Gasteiger charge is -2.31. The maximum Gasteiger partial charge on any atom is 0.349 e. The number of ether oxygens (including phenoxy) is 1.